The smallest absolute Gasteiger partial charge is 0.340 e. The van der Waals surface area contributed by atoms with Crippen LogP contribution in [-0.2, 0) is 19.6 Å². The molecular weight excluding hydrogens is 1080 g/mol. The Hall–Kier alpha value is 0.740. The summed E-state index contributed by atoms with van der Waals surface area (Å²) in [6, 6.07) is 4.43. The minimum absolute atomic E-state index is 0.170. The van der Waals surface area contributed by atoms with Gasteiger partial charge in [-0.3, -0.25) is 4.79 Å². The number of carbonyl (C=O) groups is 2. The fraction of sp³-hybridized carbons (Fsp3) is 0.417. The van der Waals surface area contributed by atoms with Gasteiger partial charge in [-0.15, -0.1) is 0 Å². The van der Waals surface area contributed by atoms with Crippen molar-refractivity contribution in [1.29, 1.82) is 0 Å². The molecule has 8 nitrogen and oxygen atoms in total. The molecule has 4 aliphatic carbocycles. The molecule has 0 radical (unpaired) electrons. The van der Waals surface area contributed by atoms with Gasteiger partial charge in [0.15, 0.2) is 0 Å². The maximum absolute atomic E-state index is 13.7. The van der Waals surface area contributed by atoms with Crippen molar-refractivity contribution in [3.63, 3.8) is 0 Å². The quantitative estimate of drug-likeness (QED) is 0.159. The molecule has 0 N–H and O–H groups in total. The molecule has 2 atom stereocenters. The number of halogens is 5. The van der Waals surface area contributed by atoms with Gasteiger partial charge < -0.3 is 19.1 Å². The number of ether oxygens (including phenoxy) is 2. The van der Waals surface area contributed by atoms with Crippen LogP contribution in [-0.4, -0.2) is 30.5 Å². The van der Waals surface area contributed by atoms with Crippen LogP contribution in [0.25, 0.3) is 0 Å². The Kier molecular flexibility index (Phi) is 8.57. The Labute approximate surface area is 287 Å². The lowest BCUT2D eigenvalue weighted by molar-refractivity contribution is -0.271. The summed E-state index contributed by atoms with van der Waals surface area (Å²) in [4.78, 5) is 26.8. The van der Waals surface area contributed by atoms with E-state index >= 15 is 0 Å². The summed E-state index contributed by atoms with van der Waals surface area (Å²) in [6.07, 6.45) is 3.89. The molecule has 4 saturated carbocycles. The van der Waals surface area contributed by atoms with Gasteiger partial charge in [0.25, 0.3) is 0 Å². The lowest BCUT2D eigenvalue weighted by Gasteiger charge is -2.59. The molecule has 4 aliphatic rings. The van der Waals surface area contributed by atoms with Crippen LogP contribution in [0.1, 0.15) is 48.9 Å². The topological polar surface area (TPSA) is 133 Å². The zero-order valence-corrected chi connectivity index (χ0v) is 30.8. The molecule has 4 bridgehead atoms. The molecule has 0 aliphatic heterocycles. The maximum atomic E-state index is 13.7. The third-order valence-corrected chi connectivity index (χ3v) is 13.6. The van der Waals surface area contributed by atoms with Gasteiger partial charge >= 0.3 is 11.9 Å². The number of esters is 2. The number of carbonyl (C=O) groups excluding carboxylic acids is 2. The van der Waals surface area contributed by atoms with Gasteiger partial charge in [0, 0.05) is 24.3 Å². The highest BCUT2D eigenvalue weighted by Gasteiger charge is 2.63. The summed E-state index contributed by atoms with van der Waals surface area (Å²) < 4.78 is 48.7. The van der Waals surface area contributed by atoms with Gasteiger partial charge in [0.2, 0.25) is 0 Å². The Morgan fingerprint density at radius 3 is 2.03 bits per heavy atom. The molecule has 6 rings (SSSR count). The van der Waals surface area contributed by atoms with Gasteiger partial charge in [-0.1, -0.05) is 5.75 Å². The van der Waals surface area contributed by atoms with E-state index in [0.717, 1.165) is 6.42 Å². The molecule has 2 unspecified atom stereocenters. The van der Waals surface area contributed by atoms with E-state index in [9.17, 15) is 27.7 Å². The van der Waals surface area contributed by atoms with E-state index in [-0.39, 0.29) is 40.9 Å². The molecule has 4 fully saturated rings. The largest absolute Gasteiger partial charge is 0.871 e. The van der Waals surface area contributed by atoms with E-state index in [1.54, 1.807) is 51.2 Å². The molecular formula is C24H17I5O8S-2. The lowest BCUT2D eigenvalue weighted by atomic mass is 9.48. The molecule has 0 amide bonds. The molecule has 0 saturated heterocycles. The van der Waals surface area contributed by atoms with Crippen molar-refractivity contribution in [3.05, 3.63) is 41.6 Å². The van der Waals surface area contributed by atoms with Crippen molar-refractivity contribution in [2.24, 2.45) is 17.3 Å². The van der Waals surface area contributed by atoms with E-state index in [2.05, 4.69) is 0 Å². The van der Waals surface area contributed by atoms with Gasteiger partial charge in [-0.25, -0.2) is 13.2 Å². The first-order valence-corrected chi connectivity index (χ1v) is 18.2. The third kappa shape index (κ3) is 5.58. The second-order valence-corrected chi connectivity index (χ2v) is 17.3. The van der Waals surface area contributed by atoms with Crippen molar-refractivity contribution in [2.45, 2.75) is 49.0 Å². The highest BCUT2D eigenvalue weighted by atomic mass is 127. The minimum Gasteiger partial charge on any atom is -0.871 e. The predicted molar refractivity (Wildman–Crippen MR) is 175 cm³/mol. The highest BCUT2D eigenvalue weighted by molar-refractivity contribution is 14.1. The van der Waals surface area contributed by atoms with E-state index in [0.29, 0.717) is 42.8 Å². The molecule has 204 valence electrons. The average molecular weight is 1100 g/mol. The van der Waals surface area contributed by atoms with Crippen molar-refractivity contribution in [1.82, 2.24) is 0 Å². The highest BCUT2D eigenvalue weighted by Crippen LogP contribution is 2.63. The van der Waals surface area contributed by atoms with E-state index < -0.39 is 33.1 Å². The molecule has 0 heterocycles. The minimum atomic E-state index is -4.68. The SMILES string of the molecule is O=C(OC12CC3CC(C1)CC(C(=O)Oc1cc(I)c(S(=O)(=O)[O-])c(I)c1)(C3)C2)c1c(I)cc(I)c([O-])c1I. The number of hydrogen-bond donors (Lipinski definition) is 0. The van der Waals surface area contributed by atoms with Crippen molar-refractivity contribution in [2.75, 3.05) is 0 Å². The number of hydrogen-bond acceptors (Lipinski definition) is 8. The first-order valence-electron chi connectivity index (χ1n) is 11.4. The summed E-state index contributed by atoms with van der Waals surface area (Å²) in [5.74, 6) is -0.606. The molecule has 2 aromatic rings. The van der Waals surface area contributed by atoms with Crippen LogP contribution < -0.4 is 9.84 Å². The fourth-order valence-corrected chi connectivity index (χ4v) is 14.3. The van der Waals surface area contributed by atoms with Crippen LogP contribution in [0.3, 0.4) is 0 Å². The molecule has 14 heteroatoms. The standard InChI is InChI=1S/C24H19I5O8S/c25-13-4-14(26)19(30)18(29)17(13)21(31)37-24-7-10-1-11(8-24)6-23(5-10,9-24)22(32)36-12-2-15(27)20(16(28)3-12)38(33,34)35/h2-4,10-11,30H,1,5-9H2,(H,33,34,35)/p-2. The normalized spacial score (nSPS) is 27.8. The first kappa shape index (κ1) is 30.2. The van der Waals surface area contributed by atoms with Crippen LogP contribution in [0.2, 0.25) is 0 Å². The van der Waals surface area contributed by atoms with Gasteiger partial charge in [-0.2, -0.15) is 0 Å². The molecule has 38 heavy (non-hydrogen) atoms. The van der Waals surface area contributed by atoms with Crippen LogP contribution in [0.5, 0.6) is 11.5 Å². The molecule has 2 aromatic carbocycles. The summed E-state index contributed by atoms with van der Waals surface area (Å²) in [6.45, 7) is 0. The molecule has 0 spiro atoms. The zero-order valence-electron chi connectivity index (χ0n) is 19.2. The van der Waals surface area contributed by atoms with Crippen molar-refractivity contribution < 1.29 is 37.1 Å². The van der Waals surface area contributed by atoms with E-state index in [1.807, 2.05) is 67.8 Å². The first-order chi connectivity index (χ1) is 17.6. The van der Waals surface area contributed by atoms with Crippen molar-refractivity contribution >= 4 is 135 Å². The Morgan fingerprint density at radius 1 is 0.895 bits per heavy atom. The lowest BCUT2D eigenvalue weighted by Crippen LogP contribution is -2.60. The van der Waals surface area contributed by atoms with Crippen LogP contribution in [0.15, 0.2) is 23.1 Å². The summed E-state index contributed by atoms with van der Waals surface area (Å²) >= 11 is 9.39. The van der Waals surface area contributed by atoms with E-state index in [4.69, 9.17) is 9.47 Å². The Bertz CT molecular complexity index is 1450. The van der Waals surface area contributed by atoms with Crippen molar-refractivity contribution in [3.8, 4) is 11.5 Å². The monoisotopic (exact) mass is 1100 g/mol. The third-order valence-electron chi connectivity index (χ3n) is 7.51. The maximum Gasteiger partial charge on any atom is 0.340 e. The second kappa shape index (κ2) is 10.8. The van der Waals surface area contributed by atoms with Crippen LogP contribution in [0.4, 0.5) is 0 Å². The van der Waals surface area contributed by atoms with E-state index in [1.165, 1.54) is 12.1 Å². The fourth-order valence-electron chi connectivity index (χ4n) is 6.59. The summed E-state index contributed by atoms with van der Waals surface area (Å²) in [7, 11) is -4.68. The number of rotatable bonds is 5. The van der Waals surface area contributed by atoms with Gasteiger partial charge in [-0.05, 0) is 175 Å². The summed E-state index contributed by atoms with van der Waals surface area (Å²) in [5.41, 5.74) is -1.39. The molecule has 0 aromatic heterocycles. The zero-order chi connectivity index (χ0) is 27.8. The second-order valence-electron chi connectivity index (χ2n) is 10.2. The van der Waals surface area contributed by atoms with Crippen LogP contribution in [0, 0.1) is 35.1 Å². The van der Waals surface area contributed by atoms with Crippen LogP contribution >= 0.6 is 113 Å². The Morgan fingerprint density at radius 2 is 1.47 bits per heavy atom. The predicted octanol–water partition coefficient (Wildman–Crippen LogP) is 5.79. The Balaban J connectivity index is 1.42. The average Bonchev–Trinajstić information content (AvgIpc) is 2.74. The summed E-state index contributed by atoms with van der Waals surface area (Å²) in [5, 5.41) is 12.5. The van der Waals surface area contributed by atoms with Gasteiger partial charge in [0.05, 0.1) is 15.9 Å². The van der Waals surface area contributed by atoms with Gasteiger partial charge in [0.1, 0.15) is 21.5 Å². The number of benzene rings is 2.